The van der Waals surface area contributed by atoms with Gasteiger partial charge in [0.25, 0.3) is 5.91 Å². The van der Waals surface area contributed by atoms with E-state index in [0.717, 1.165) is 0 Å². The number of benzene rings is 2. The molecule has 0 saturated heterocycles. The fraction of sp³-hybridized carbons (Fsp3) is 0.105. The Bertz CT molecular complexity index is 1080. The van der Waals surface area contributed by atoms with E-state index >= 15 is 0 Å². The van der Waals surface area contributed by atoms with Gasteiger partial charge in [-0.05, 0) is 37.3 Å². The first kappa shape index (κ1) is 18.9. The van der Waals surface area contributed by atoms with Crippen LogP contribution in [0.3, 0.4) is 0 Å². The molecule has 0 radical (unpaired) electrons. The first-order valence-corrected chi connectivity index (χ1v) is 8.67. The lowest BCUT2D eigenvalue weighted by Crippen LogP contribution is -2.27. The Morgan fingerprint density at radius 3 is 2.52 bits per heavy atom. The van der Waals surface area contributed by atoms with Crippen LogP contribution in [0.2, 0.25) is 10.0 Å². The molecule has 0 bridgehead atoms. The van der Waals surface area contributed by atoms with Gasteiger partial charge < -0.3 is 10.1 Å². The predicted molar refractivity (Wildman–Crippen MR) is 106 cm³/mol. The smallest absolute Gasteiger partial charge is 0.280 e. The van der Waals surface area contributed by atoms with Gasteiger partial charge >= 0.3 is 0 Å². The lowest BCUT2D eigenvalue weighted by atomic mass is 10.2. The normalized spacial score (nSPS) is 10.5. The van der Waals surface area contributed by atoms with Gasteiger partial charge in [-0.25, -0.2) is 4.68 Å². The van der Waals surface area contributed by atoms with Crippen LogP contribution in [0.4, 0.5) is 5.69 Å². The molecule has 1 amide bonds. The predicted octanol–water partition coefficient (Wildman–Crippen LogP) is 4.11. The van der Waals surface area contributed by atoms with E-state index in [9.17, 15) is 9.59 Å². The molecule has 2 aromatic carbocycles. The van der Waals surface area contributed by atoms with E-state index in [1.54, 1.807) is 43.3 Å². The molecule has 1 N–H and O–H groups in total. The van der Waals surface area contributed by atoms with Crippen LogP contribution in [-0.4, -0.2) is 22.8 Å². The maximum absolute atomic E-state index is 12.6. The SMILES string of the molecule is COc1ccc(NC(=O)c2nn(-c3ccccc3Cl)c(C)cc2=O)cc1Cl. The summed E-state index contributed by atoms with van der Waals surface area (Å²) in [6.45, 7) is 1.71. The number of para-hydroxylation sites is 1. The van der Waals surface area contributed by atoms with Crippen LogP contribution in [0.1, 0.15) is 16.2 Å². The summed E-state index contributed by atoms with van der Waals surface area (Å²) in [5.74, 6) is -0.175. The fourth-order valence-corrected chi connectivity index (χ4v) is 2.98. The van der Waals surface area contributed by atoms with Crippen molar-refractivity contribution in [3.8, 4) is 11.4 Å². The Kier molecular flexibility index (Phi) is 5.48. The molecule has 138 valence electrons. The number of methoxy groups -OCH3 is 1. The molecule has 0 aliphatic heterocycles. The molecule has 0 spiro atoms. The van der Waals surface area contributed by atoms with E-state index in [-0.39, 0.29) is 5.69 Å². The molecule has 1 aromatic heterocycles. The highest BCUT2D eigenvalue weighted by molar-refractivity contribution is 6.32. The topological polar surface area (TPSA) is 73.2 Å². The van der Waals surface area contributed by atoms with Gasteiger partial charge in [-0.1, -0.05) is 35.3 Å². The molecule has 0 atom stereocenters. The number of rotatable bonds is 4. The van der Waals surface area contributed by atoms with Crippen molar-refractivity contribution in [2.75, 3.05) is 12.4 Å². The Balaban J connectivity index is 1.98. The molecule has 0 saturated carbocycles. The Labute approximate surface area is 165 Å². The summed E-state index contributed by atoms with van der Waals surface area (Å²) < 4.78 is 6.53. The number of hydrogen-bond acceptors (Lipinski definition) is 4. The van der Waals surface area contributed by atoms with E-state index in [2.05, 4.69) is 10.4 Å². The number of carbonyl (C=O) groups excluding carboxylic acids is 1. The van der Waals surface area contributed by atoms with Crippen molar-refractivity contribution in [2.24, 2.45) is 0 Å². The third-order valence-corrected chi connectivity index (χ3v) is 4.43. The fourth-order valence-electron chi connectivity index (χ4n) is 2.51. The van der Waals surface area contributed by atoms with Crippen LogP contribution in [0.5, 0.6) is 5.75 Å². The number of anilines is 1. The van der Waals surface area contributed by atoms with E-state index in [4.69, 9.17) is 27.9 Å². The van der Waals surface area contributed by atoms with E-state index < -0.39 is 11.3 Å². The monoisotopic (exact) mass is 403 g/mol. The van der Waals surface area contributed by atoms with E-state index in [1.165, 1.54) is 23.9 Å². The molecule has 27 heavy (non-hydrogen) atoms. The third-order valence-electron chi connectivity index (χ3n) is 3.81. The molecule has 1 heterocycles. The first-order chi connectivity index (χ1) is 12.9. The summed E-state index contributed by atoms with van der Waals surface area (Å²) in [7, 11) is 1.49. The average molecular weight is 404 g/mol. The number of aromatic nitrogens is 2. The van der Waals surface area contributed by atoms with Gasteiger partial charge in [-0.15, -0.1) is 0 Å². The molecule has 8 heteroatoms. The van der Waals surface area contributed by atoms with Crippen LogP contribution in [-0.2, 0) is 0 Å². The minimum absolute atomic E-state index is 0.257. The van der Waals surface area contributed by atoms with Crippen LogP contribution < -0.4 is 15.5 Å². The van der Waals surface area contributed by atoms with Crippen molar-refractivity contribution >= 4 is 34.8 Å². The molecule has 0 aliphatic rings. The third kappa shape index (κ3) is 3.97. The minimum Gasteiger partial charge on any atom is -0.495 e. The molecule has 3 rings (SSSR count). The molecule has 3 aromatic rings. The lowest BCUT2D eigenvalue weighted by Gasteiger charge is -2.13. The van der Waals surface area contributed by atoms with Gasteiger partial charge in [0.1, 0.15) is 5.75 Å². The van der Waals surface area contributed by atoms with Gasteiger partial charge in [0, 0.05) is 17.4 Å². The largest absolute Gasteiger partial charge is 0.495 e. The van der Waals surface area contributed by atoms with Crippen LogP contribution in [0, 0.1) is 6.92 Å². The summed E-state index contributed by atoms with van der Waals surface area (Å²) in [5.41, 5.74) is 0.785. The number of nitrogens with one attached hydrogen (secondary N) is 1. The molecule has 0 fully saturated rings. The Morgan fingerprint density at radius 1 is 1.11 bits per heavy atom. The number of ether oxygens (including phenoxy) is 1. The van der Waals surface area contributed by atoms with Crippen molar-refractivity contribution < 1.29 is 9.53 Å². The zero-order valence-electron chi connectivity index (χ0n) is 14.5. The highest BCUT2D eigenvalue weighted by Gasteiger charge is 2.17. The number of hydrogen-bond donors (Lipinski definition) is 1. The van der Waals surface area contributed by atoms with Crippen LogP contribution in [0.25, 0.3) is 5.69 Å². The van der Waals surface area contributed by atoms with Gasteiger partial charge in [-0.2, -0.15) is 5.10 Å². The summed E-state index contributed by atoms with van der Waals surface area (Å²) in [5, 5.41) is 7.60. The lowest BCUT2D eigenvalue weighted by molar-refractivity contribution is 0.101. The maximum atomic E-state index is 12.6. The Hall–Kier alpha value is -2.83. The maximum Gasteiger partial charge on any atom is 0.280 e. The number of amides is 1. The number of aryl methyl sites for hydroxylation is 1. The summed E-state index contributed by atoms with van der Waals surface area (Å²) in [6.07, 6.45) is 0. The van der Waals surface area contributed by atoms with Crippen molar-refractivity contribution in [1.29, 1.82) is 0 Å². The highest BCUT2D eigenvalue weighted by Crippen LogP contribution is 2.27. The van der Waals surface area contributed by atoms with Crippen LogP contribution >= 0.6 is 23.2 Å². The highest BCUT2D eigenvalue weighted by atomic mass is 35.5. The van der Waals surface area contributed by atoms with Crippen molar-refractivity contribution in [1.82, 2.24) is 9.78 Å². The zero-order valence-corrected chi connectivity index (χ0v) is 16.0. The molecule has 6 nitrogen and oxygen atoms in total. The second kappa shape index (κ2) is 7.82. The van der Waals surface area contributed by atoms with E-state index in [1.807, 2.05) is 0 Å². The van der Waals surface area contributed by atoms with Crippen molar-refractivity contribution in [3.63, 3.8) is 0 Å². The number of carbonyl (C=O) groups is 1. The Morgan fingerprint density at radius 2 is 1.85 bits per heavy atom. The van der Waals surface area contributed by atoms with Crippen molar-refractivity contribution in [2.45, 2.75) is 6.92 Å². The van der Waals surface area contributed by atoms with E-state index in [0.29, 0.717) is 32.9 Å². The number of halogens is 2. The summed E-state index contributed by atoms with van der Waals surface area (Å²) >= 11 is 12.3. The van der Waals surface area contributed by atoms with Crippen molar-refractivity contribution in [3.05, 3.63) is 80.2 Å². The summed E-state index contributed by atoms with van der Waals surface area (Å²) in [6, 6.07) is 13.1. The van der Waals surface area contributed by atoms with Gasteiger partial charge in [0.2, 0.25) is 5.43 Å². The minimum atomic E-state index is -0.651. The quantitative estimate of drug-likeness (QED) is 0.711. The second-order valence-electron chi connectivity index (χ2n) is 5.67. The first-order valence-electron chi connectivity index (χ1n) is 7.91. The summed E-state index contributed by atoms with van der Waals surface area (Å²) in [4.78, 5) is 24.9. The average Bonchev–Trinajstić information content (AvgIpc) is 2.63. The van der Waals surface area contributed by atoms with Gasteiger partial charge in [0.05, 0.1) is 22.8 Å². The second-order valence-corrected chi connectivity index (χ2v) is 6.48. The van der Waals surface area contributed by atoms with Crippen LogP contribution in [0.15, 0.2) is 53.3 Å². The zero-order chi connectivity index (χ0) is 19.6. The standard InChI is InChI=1S/C19H15Cl2N3O3/c1-11-9-16(25)18(23-24(11)15-6-4-3-5-13(15)20)19(26)22-12-7-8-17(27-2)14(21)10-12/h3-10H,1-2H3,(H,22,26). The molecular weight excluding hydrogens is 389 g/mol. The van der Waals surface area contributed by atoms with Gasteiger partial charge in [-0.3, -0.25) is 9.59 Å². The number of nitrogens with zero attached hydrogens (tertiary/aromatic N) is 2. The van der Waals surface area contributed by atoms with Gasteiger partial charge in [0.15, 0.2) is 5.69 Å². The molecule has 0 aliphatic carbocycles. The molecular formula is C19H15Cl2N3O3. The molecule has 0 unspecified atom stereocenters.